The third-order valence-corrected chi connectivity index (χ3v) is 3.84. The molecular weight excluding hydrogens is 196 g/mol. The predicted octanol–water partition coefficient (Wildman–Crippen LogP) is 3.89. The lowest BCUT2D eigenvalue weighted by Gasteiger charge is -2.15. The number of ketones is 1. The fourth-order valence-electron chi connectivity index (χ4n) is 2.58. The van der Waals surface area contributed by atoms with Crippen molar-refractivity contribution in [1.29, 1.82) is 0 Å². The summed E-state index contributed by atoms with van der Waals surface area (Å²) in [5.41, 5.74) is 2.71. The summed E-state index contributed by atoms with van der Waals surface area (Å²) in [6.45, 7) is 6.48. The highest BCUT2D eigenvalue weighted by molar-refractivity contribution is 5.84. The van der Waals surface area contributed by atoms with Crippen LogP contribution in [0.15, 0.2) is 24.3 Å². The molecule has 1 nitrogen and oxygen atoms in total. The van der Waals surface area contributed by atoms with Crippen molar-refractivity contribution in [3.8, 4) is 0 Å². The van der Waals surface area contributed by atoms with Crippen molar-refractivity contribution in [3.05, 3.63) is 35.4 Å². The molecule has 0 N–H and O–H groups in total. The van der Waals surface area contributed by atoms with Crippen molar-refractivity contribution < 1.29 is 4.79 Å². The van der Waals surface area contributed by atoms with Crippen LogP contribution in [-0.4, -0.2) is 5.78 Å². The average molecular weight is 216 g/mol. The van der Waals surface area contributed by atoms with Crippen LogP contribution >= 0.6 is 0 Å². The number of rotatable bonds is 2. The molecule has 1 aliphatic rings. The van der Waals surface area contributed by atoms with E-state index in [0.29, 0.717) is 17.6 Å². The topological polar surface area (TPSA) is 17.1 Å². The molecule has 2 rings (SSSR count). The minimum absolute atomic E-state index is 0.213. The lowest BCUT2D eigenvalue weighted by molar-refractivity contribution is -0.120. The van der Waals surface area contributed by atoms with Gasteiger partial charge in [-0.3, -0.25) is 4.79 Å². The smallest absolute Gasteiger partial charge is 0.136 e. The summed E-state index contributed by atoms with van der Waals surface area (Å²) in [4.78, 5) is 11.5. The summed E-state index contributed by atoms with van der Waals surface area (Å²) in [6.07, 6.45) is 1.79. The van der Waals surface area contributed by atoms with Gasteiger partial charge in [0.1, 0.15) is 5.78 Å². The van der Waals surface area contributed by atoms with Crippen molar-refractivity contribution >= 4 is 5.78 Å². The van der Waals surface area contributed by atoms with Crippen molar-refractivity contribution in [3.63, 3.8) is 0 Å². The van der Waals surface area contributed by atoms with Gasteiger partial charge in [0.05, 0.1) is 0 Å². The first kappa shape index (κ1) is 11.4. The van der Waals surface area contributed by atoms with E-state index in [-0.39, 0.29) is 5.92 Å². The molecule has 1 fully saturated rings. The summed E-state index contributed by atoms with van der Waals surface area (Å²) < 4.78 is 0. The molecule has 2 unspecified atom stereocenters. The molecule has 86 valence electrons. The molecule has 1 aliphatic carbocycles. The SMILES string of the molecule is CC(C)c1ccc(C2CCC(=O)C2C)cc1. The molecule has 0 radical (unpaired) electrons. The van der Waals surface area contributed by atoms with Gasteiger partial charge in [-0.1, -0.05) is 45.0 Å². The van der Waals surface area contributed by atoms with Gasteiger partial charge >= 0.3 is 0 Å². The minimum atomic E-state index is 0.213. The van der Waals surface area contributed by atoms with Crippen molar-refractivity contribution in [2.24, 2.45) is 5.92 Å². The van der Waals surface area contributed by atoms with E-state index >= 15 is 0 Å². The molecule has 0 bridgehead atoms. The van der Waals surface area contributed by atoms with Crippen molar-refractivity contribution in [2.45, 2.75) is 45.4 Å². The molecular formula is C15H20O. The molecule has 0 amide bonds. The third kappa shape index (κ3) is 2.04. The maximum atomic E-state index is 11.5. The Balaban J connectivity index is 2.19. The van der Waals surface area contributed by atoms with E-state index in [1.54, 1.807) is 0 Å². The molecule has 1 saturated carbocycles. The van der Waals surface area contributed by atoms with Gasteiger partial charge in [0.15, 0.2) is 0 Å². The Morgan fingerprint density at radius 3 is 2.25 bits per heavy atom. The van der Waals surface area contributed by atoms with Crippen LogP contribution in [0.3, 0.4) is 0 Å². The van der Waals surface area contributed by atoms with Crippen LogP contribution in [0.4, 0.5) is 0 Å². The Morgan fingerprint density at radius 1 is 1.19 bits per heavy atom. The lowest BCUT2D eigenvalue weighted by atomic mass is 9.88. The largest absolute Gasteiger partial charge is 0.299 e. The first-order chi connectivity index (χ1) is 7.59. The van der Waals surface area contributed by atoms with Crippen molar-refractivity contribution in [2.75, 3.05) is 0 Å². The predicted molar refractivity (Wildman–Crippen MR) is 66.7 cm³/mol. The van der Waals surface area contributed by atoms with Gasteiger partial charge < -0.3 is 0 Å². The Labute approximate surface area is 97.9 Å². The van der Waals surface area contributed by atoms with Gasteiger partial charge in [0, 0.05) is 12.3 Å². The molecule has 1 aromatic rings. The second-order valence-electron chi connectivity index (χ2n) is 5.22. The summed E-state index contributed by atoms with van der Waals surface area (Å²) in [5.74, 6) is 1.67. The number of hydrogen-bond acceptors (Lipinski definition) is 1. The third-order valence-electron chi connectivity index (χ3n) is 3.84. The van der Waals surface area contributed by atoms with Crippen LogP contribution in [0.1, 0.15) is 56.6 Å². The second-order valence-corrected chi connectivity index (χ2v) is 5.22. The van der Waals surface area contributed by atoms with E-state index in [4.69, 9.17) is 0 Å². The highest BCUT2D eigenvalue weighted by Crippen LogP contribution is 2.37. The minimum Gasteiger partial charge on any atom is -0.299 e. The molecule has 16 heavy (non-hydrogen) atoms. The first-order valence-electron chi connectivity index (χ1n) is 6.22. The van der Waals surface area contributed by atoms with Crippen LogP contribution in [0.25, 0.3) is 0 Å². The Bertz CT molecular complexity index is 375. The van der Waals surface area contributed by atoms with E-state index in [1.807, 2.05) is 0 Å². The van der Waals surface area contributed by atoms with Crippen LogP contribution < -0.4 is 0 Å². The molecule has 0 heterocycles. The van der Waals surface area contributed by atoms with E-state index in [0.717, 1.165) is 12.8 Å². The maximum absolute atomic E-state index is 11.5. The fraction of sp³-hybridized carbons (Fsp3) is 0.533. The number of hydrogen-bond donors (Lipinski definition) is 0. The van der Waals surface area contributed by atoms with E-state index in [1.165, 1.54) is 11.1 Å². The van der Waals surface area contributed by atoms with Crippen molar-refractivity contribution in [1.82, 2.24) is 0 Å². The molecule has 1 aromatic carbocycles. The molecule has 1 heteroatoms. The normalized spacial score (nSPS) is 25.4. The zero-order chi connectivity index (χ0) is 11.7. The van der Waals surface area contributed by atoms with Gasteiger partial charge in [0.25, 0.3) is 0 Å². The van der Waals surface area contributed by atoms with Crippen LogP contribution in [0, 0.1) is 5.92 Å². The monoisotopic (exact) mass is 216 g/mol. The van der Waals surface area contributed by atoms with Gasteiger partial charge in [0.2, 0.25) is 0 Å². The van der Waals surface area contributed by atoms with Crippen LogP contribution in [-0.2, 0) is 4.79 Å². The maximum Gasteiger partial charge on any atom is 0.136 e. The average Bonchev–Trinajstić information content (AvgIpc) is 2.60. The van der Waals surface area contributed by atoms with Gasteiger partial charge in [-0.25, -0.2) is 0 Å². The zero-order valence-electron chi connectivity index (χ0n) is 10.4. The quantitative estimate of drug-likeness (QED) is 0.733. The molecule has 2 atom stereocenters. The highest BCUT2D eigenvalue weighted by atomic mass is 16.1. The number of carbonyl (C=O) groups is 1. The lowest BCUT2D eigenvalue weighted by Crippen LogP contribution is -2.08. The number of Topliss-reactive ketones (excluding diaryl/α,β-unsaturated/α-hetero) is 1. The standard InChI is InChI=1S/C15H20O/c1-10(2)12-4-6-13(7-5-12)14-8-9-15(16)11(14)3/h4-7,10-11,14H,8-9H2,1-3H3. The number of carbonyl (C=O) groups excluding carboxylic acids is 1. The van der Waals surface area contributed by atoms with Gasteiger partial charge in [-0.2, -0.15) is 0 Å². The summed E-state index contributed by atoms with van der Waals surface area (Å²) in [7, 11) is 0. The fourth-order valence-corrected chi connectivity index (χ4v) is 2.58. The van der Waals surface area contributed by atoms with Crippen LogP contribution in [0.5, 0.6) is 0 Å². The summed E-state index contributed by atoms with van der Waals surface area (Å²) in [6, 6.07) is 8.81. The Morgan fingerprint density at radius 2 is 1.81 bits per heavy atom. The van der Waals surface area contributed by atoms with E-state index in [9.17, 15) is 4.79 Å². The second kappa shape index (κ2) is 4.40. The molecule has 0 aliphatic heterocycles. The van der Waals surface area contributed by atoms with Gasteiger partial charge in [-0.05, 0) is 29.4 Å². The number of benzene rings is 1. The summed E-state index contributed by atoms with van der Waals surface area (Å²) >= 11 is 0. The van der Waals surface area contributed by atoms with Crippen LogP contribution in [0.2, 0.25) is 0 Å². The van der Waals surface area contributed by atoms with E-state index < -0.39 is 0 Å². The Hall–Kier alpha value is -1.11. The molecule has 0 saturated heterocycles. The molecule has 0 spiro atoms. The molecule has 0 aromatic heterocycles. The van der Waals surface area contributed by atoms with Gasteiger partial charge in [-0.15, -0.1) is 0 Å². The zero-order valence-corrected chi connectivity index (χ0v) is 10.4. The first-order valence-corrected chi connectivity index (χ1v) is 6.22. The summed E-state index contributed by atoms with van der Waals surface area (Å²) in [5, 5.41) is 0. The van der Waals surface area contributed by atoms with E-state index in [2.05, 4.69) is 45.0 Å². The Kier molecular flexibility index (Phi) is 3.13. The highest BCUT2D eigenvalue weighted by Gasteiger charge is 2.31.